The van der Waals surface area contributed by atoms with E-state index in [1.54, 1.807) is 0 Å². The summed E-state index contributed by atoms with van der Waals surface area (Å²) in [6.45, 7) is 4.51. The van der Waals surface area contributed by atoms with Crippen LogP contribution in [0.4, 0.5) is 11.4 Å². The van der Waals surface area contributed by atoms with Crippen molar-refractivity contribution in [2.75, 3.05) is 42.8 Å². The van der Waals surface area contributed by atoms with Gasteiger partial charge >= 0.3 is 0 Å². The number of rotatable bonds is 1. The summed E-state index contributed by atoms with van der Waals surface area (Å²) in [5, 5.41) is 1.91. The third-order valence-electron chi connectivity index (χ3n) is 3.58. The van der Waals surface area contributed by atoms with Crippen LogP contribution in [0.25, 0.3) is 0 Å². The monoisotopic (exact) mass is 305 g/mol. The maximum absolute atomic E-state index is 6.13. The van der Waals surface area contributed by atoms with E-state index >= 15 is 0 Å². The minimum absolute atomic E-state index is 0. The van der Waals surface area contributed by atoms with Gasteiger partial charge in [0.2, 0.25) is 0 Å². The Labute approximate surface area is 126 Å². The van der Waals surface area contributed by atoms with Crippen LogP contribution in [-0.4, -0.2) is 32.8 Å². The van der Waals surface area contributed by atoms with Gasteiger partial charge in [-0.15, -0.1) is 24.8 Å². The SMILES string of the molecule is Cl.Cl.NN1CCCc2cccc(N3CCOCC3)c21. The molecule has 0 bridgehead atoms. The highest BCUT2D eigenvalue weighted by atomic mass is 35.5. The molecule has 1 fully saturated rings. The van der Waals surface area contributed by atoms with Crippen LogP contribution in [0.2, 0.25) is 0 Å². The number of fused-ring (bicyclic) bond motifs is 1. The molecular weight excluding hydrogens is 285 g/mol. The average Bonchev–Trinajstić information content (AvgIpc) is 2.39. The van der Waals surface area contributed by atoms with Gasteiger partial charge in [-0.1, -0.05) is 12.1 Å². The Morgan fingerprint density at radius 3 is 2.53 bits per heavy atom. The van der Waals surface area contributed by atoms with Gasteiger partial charge in [-0.05, 0) is 24.5 Å². The lowest BCUT2D eigenvalue weighted by molar-refractivity contribution is 0.122. The summed E-state index contributed by atoms with van der Waals surface area (Å²) < 4.78 is 5.41. The Bertz CT molecular complexity index is 411. The first-order valence-corrected chi connectivity index (χ1v) is 6.33. The molecule has 2 aliphatic heterocycles. The van der Waals surface area contributed by atoms with Crippen molar-refractivity contribution in [3.63, 3.8) is 0 Å². The first kappa shape index (κ1) is 16.4. The molecule has 0 radical (unpaired) electrons. The van der Waals surface area contributed by atoms with E-state index in [9.17, 15) is 0 Å². The molecule has 6 heteroatoms. The third kappa shape index (κ3) is 3.26. The second-order valence-electron chi connectivity index (χ2n) is 4.68. The van der Waals surface area contributed by atoms with Crippen LogP contribution < -0.4 is 15.8 Å². The van der Waals surface area contributed by atoms with Gasteiger partial charge in [0.05, 0.1) is 24.6 Å². The molecule has 3 rings (SSSR count). The summed E-state index contributed by atoms with van der Waals surface area (Å²) in [5.74, 6) is 6.13. The number of nitrogens with two attached hydrogens (primary N) is 1. The second-order valence-corrected chi connectivity index (χ2v) is 4.68. The lowest BCUT2D eigenvalue weighted by Gasteiger charge is -2.35. The number of halogens is 2. The van der Waals surface area contributed by atoms with Gasteiger partial charge in [0.25, 0.3) is 0 Å². The van der Waals surface area contributed by atoms with Crippen molar-refractivity contribution in [3.05, 3.63) is 23.8 Å². The van der Waals surface area contributed by atoms with Gasteiger partial charge in [-0.2, -0.15) is 0 Å². The molecule has 1 aromatic carbocycles. The highest BCUT2D eigenvalue weighted by Gasteiger charge is 2.22. The van der Waals surface area contributed by atoms with Gasteiger partial charge in [-0.3, -0.25) is 0 Å². The van der Waals surface area contributed by atoms with E-state index in [0.29, 0.717) is 0 Å². The molecule has 0 amide bonds. The standard InChI is InChI=1S/C13H19N3O.2ClH/c14-16-6-2-4-11-3-1-5-12(13(11)16)15-7-9-17-10-8-15;;/h1,3,5H,2,4,6-10,14H2;2*1H. The van der Waals surface area contributed by atoms with Crippen molar-refractivity contribution in [1.29, 1.82) is 0 Å². The van der Waals surface area contributed by atoms with Gasteiger partial charge in [0.1, 0.15) is 0 Å². The molecule has 1 aromatic rings. The lowest BCUT2D eigenvalue weighted by Crippen LogP contribution is -2.41. The van der Waals surface area contributed by atoms with Crippen molar-refractivity contribution < 1.29 is 4.74 Å². The van der Waals surface area contributed by atoms with Crippen LogP contribution in [0.15, 0.2) is 18.2 Å². The Morgan fingerprint density at radius 2 is 1.79 bits per heavy atom. The van der Waals surface area contributed by atoms with Crippen LogP contribution >= 0.6 is 24.8 Å². The summed E-state index contributed by atoms with van der Waals surface area (Å²) in [6, 6.07) is 6.51. The maximum atomic E-state index is 6.13. The highest BCUT2D eigenvalue weighted by molar-refractivity contribution is 5.85. The Kier molecular flexibility index (Phi) is 6.20. The van der Waals surface area contributed by atoms with Gasteiger partial charge in [-0.25, -0.2) is 5.84 Å². The third-order valence-corrected chi connectivity index (χ3v) is 3.58. The summed E-state index contributed by atoms with van der Waals surface area (Å²) in [6.07, 6.45) is 2.29. The number of hydrogen-bond donors (Lipinski definition) is 1. The zero-order chi connectivity index (χ0) is 11.7. The number of aryl methyl sites for hydroxylation is 1. The number of nitrogens with zero attached hydrogens (tertiary/aromatic N) is 2. The summed E-state index contributed by atoms with van der Waals surface area (Å²) in [5.41, 5.74) is 3.87. The van der Waals surface area contributed by atoms with Crippen LogP contribution in [0.1, 0.15) is 12.0 Å². The molecule has 0 saturated carbocycles. The van der Waals surface area contributed by atoms with Crippen LogP contribution in [0.3, 0.4) is 0 Å². The first-order valence-electron chi connectivity index (χ1n) is 6.33. The molecule has 2 heterocycles. The number of hydrogen-bond acceptors (Lipinski definition) is 4. The quantitative estimate of drug-likeness (QED) is 0.806. The summed E-state index contributed by atoms with van der Waals surface area (Å²) in [4.78, 5) is 2.38. The van der Waals surface area contributed by atoms with Crippen molar-refractivity contribution in [3.8, 4) is 0 Å². The fraction of sp³-hybridized carbons (Fsp3) is 0.538. The molecule has 0 unspecified atom stereocenters. The maximum Gasteiger partial charge on any atom is 0.0782 e. The molecule has 19 heavy (non-hydrogen) atoms. The predicted molar refractivity (Wildman–Crippen MR) is 83.8 cm³/mol. The largest absolute Gasteiger partial charge is 0.378 e. The van der Waals surface area contributed by atoms with Gasteiger partial charge < -0.3 is 14.6 Å². The fourth-order valence-electron chi connectivity index (χ4n) is 2.72. The molecule has 108 valence electrons. The number of morpholine rings is 1. The zero-order valence-electron chi connectivity index (χ0n) is 10.9. The van der Waals surface area contributed by atoms with E-state index in [2.05, 4.69) is 23.1 Å². The Hall–Kier alpha value is -0.680. The number of ether oxygens (including phenoxy) is 1. The van der Waals surface area contributed by atoms with Crippen LogP contribution in [0, 0.1) is 0 Å². The number of hydrazine groups is 1. The van der Waals surface area contributed by atoms with E-state index in [1.807, 2.05) is 5.01 Å². The molecule has 2 aliphatic rings. The molecular formula is C13H21Cl2N3O. The topological polar surface area (TPSA) is 41.7 Å². The van der Waals surface area contributed by atoms with E-state index < -0.39 is 0 Å². The fourth-order valence-corrected chi connectivity index (χ4v) is 2.72. The summed E-state index contributed by atoms with van der Waals surface area (Å²) in [7, 11) is 0. The van der Waals surface area contributed by atoms with Crippen LogP contribution in [-0.2, 0) is 11.2 Å². The number of para-hydroxylation sites is 1. The average molecular weight is 306 g/mol. The van der Waals surface area contributed by atoms with Crippen LogP contribution in [0.5, 0.6) is 0 Å². The Balaban J connectivity index is 0.000000902. The second kappa shape index (κ2) is 7.20. The van der Waals surface area contributed by atoms with Crippen molar-refractivity contribution in [2.45, 2.75) is 12.8 Å². The predicted octanol–water partition coefficient (Wildman–Crippen LogP) is 1.99. The Morgan fingerprint density at radius 1 is 1.05 bits per heavy atom. The zero-order valence-corrected chi connectivity index (χ0v) is 12.5. The normalized spacial score (nSPS) is 18.2. The van der Waals surface area contributed by atoms with Gasteiger partial charge in [0, 0.05) is 19.6 Å². The van der Waals surface area contributed by atoms with E-state index in [0.717, 1.165) is 45.7 Å². The first-order chi connectivity index (χ1) is 8.36. The van der Waals surface area contributed by atoms with E-state index in [-0.39, 0.29) is 24.8 Å². The molecule has 1 saturated heterocycles. The summed E-state index contributed by atoms with van der Waals surface area (Å²) >= 11 is 0. The van der Waals surface area contributed by atoms with Crippen molar-refractivity contribution in [1.82, 2.24) is 0 Å². The number of anilines is 2. The molecule has 0 atom stereocenters. The minimum Gasteiger partial charge on any atom is -0.378 e. The minimum atomic E-state index is 0. The van der Waals surface area contributed by atoms with E-state index in [1.165, 1.54) is 16.9 Å². The lowest BCUT2D eigenvalue weighted by atomic mass is 10.0. The smallest absolute Gasteiger partial charge is 0.0782 e. The highest BCUT2D eigenvalue weighted by Crippen LogP contribution is 2.35. The molecule has 0 aliphatic carbocycles. The van der Waals surface area contributed by atoms with E-state index in [4.69, 9.17) is 10.6 Å². The van der Waals surface area contributed by atoms with Crippen molar-refractivity contribution in [2.24, 2.45) is 5.84 Å². The number of benzene rings is 1. The molecule has 2 N–H and O–H groups in total. The molecule has 0 aromatic heterocycles. The molecule has 0 spiro atoms. The van der Waals surface area contributed by atoms with Gasteiger partial charge in [0.15, 0.2) is 0 Å². The molecule has 4 nitrogen and oxygen atoms in total. The van der Waals surface area contributed by atoms with Crippen molar-refractivity contribution >= 4 is 36.2 Å².